The molecule has 1 saturated heterocycles. The Bertz CT molecular complexity index is 359. The van der Waals surface area contributed by atoms with Gasteiger partial charge in [-0.3, -0.25) is 0 Å². The summed E-state index contributed by atoms with van der Waals surface area (Å²) in [7, 11) is 0. The van der Waals surface area contributed by atoms with Crippen molar-refractivity contribution in [3.8, 4) is 0 Å². The summed E-state index contributed by atoms with van der Waals surface area (Å²) in [6.07, 6.45) is 3.21. The molecule has 1 heterocycles. The summed E-state index contributed by atoms with van der Waals surface area (Å²) in [4.78, 5) is 0. The predicted molar refractivity (Wildman–Crippen MR) is 60.8 cm³/mol. The monoisotopic (exact) mass is 227 g/mol. The fourth-order valence-electron chi connectivity index (χ4n) is 2.21. The second-order valence-corrected chi connectivity index (χ2v) is 4.92. The first-order chi connectivity index (χ1) is 7.09. The maximum Gasteiger partial charge on any atom is 0.142 e. The Hall–Kier alpha value is -0.600. The molecule has 1 atom stereocenters. The number of rotatable bonds is 2. The zero-order valence-electron chi connectivity index (χ0n) is 8.82. The van der Waals surface area contributed by atoms with Crippen molar-refractivity contribution in [3.05, 3.63) is 34.6 Å². The minimum atomic E-state index is -0.323. The van der Waals surface area contributed by atoms with Crippen LogP contribution in [0.15, 0.2) is 18.2 Å². The second kappa shape index (κ2) is 4.11. The first-order valence-electron chi connectivity index (χ1n) is 5.28. The van der Waals surface area contributed by atoms with Gasteiger partial charge in [-0.25, -0.2) is 4.39 Å². The van der Waals surface area contributed by atoms with Gasteiger partial charge in [-0.05, 0) is 50.4 Å². The summed E-state index contributed by atoms with van der Waals surface area (Å²) in [6, 6.07) is 5.06. The molecule has 15 heavy (non-hydrogen) atoms. The van der Waals surface area contributed by atoms with Crippen LogP contribution >= 0.6 is 11.6 Å². The molecule has 1 aliphatic heterocycles. The van der Waals surface area contributed by atoms with Crippen LogP contribution in [-0.2, 0) is 6.42 Å². The Morgan fingerprint density at radius 1 is 1.53 bits per heavy atom. The molecule has 82 valence electrons. The molecule has 1 nitrogen and oxygen atoms in total. The molecule has 0 saturated carbocycles. The number of hydrogen-bond donors (Lipinski definition) is 1. The van der Waals surface area contributed by atoms with Crippen molar-refractivity contribution in [1.82, 2.24) is 5.32 Å². The molecule has 1 N–H and O–H groups in total. The predicted octanol–water partition coefficient (Wildman–Crippen LogP) is 3.16. The Kier molecular flexibility index (Phi) is 2.98. The van der Waals surface area contributed by atoms with Gasteiger partial charge in [0.2, 0.25) is 0 Å². The van der Waals surface area contributed by atoms with E-state index < -0.39 is 0 Å². The molecule has 0 spiro atoms. The van der Waals surface area contributed by atoms with E-state index in [2.05, 4.69) is 12.2 Å². The van der Waals surface area contributed by atoms with Crippen LogP contribution in [0.25, 0.3) is 0 Å². The molecule has 1 fully saturated rings. The zero-order valence-corrected chi connectivity index (χ0v) is 9.57. The van der Waals surface area contributed by atoms with Crippen LogP contribution in [0.1, 0.15) is 25.3 Å². The van der Waals surface area contributed by atoms with E-state index in [-0.39, 0.29) is 16.4 Å². The average molecular weight is 228 g/mol. The summed E-state index contributed by atoms with van der Waals surface area (Å²) in [6.45, 7) is 3.25. The van der Waals surface area contributed by atoms with Gasteiger partial charge in [0.05, 0.1) is 5.02 Å². The van der Waals surface area contributed by atoms with E-state index in [9.17, 15) is 4.39 Å². The lowest BCUT2D eigenvalue weighted by Gasteiger charge is -2.24. The van der Waals surface area contributed by atoms with Gasteiger partial charge in [0.25, 0.3) is 0 Å². The van der Waals surface area contributed by atoms with Gasteiger partial charge in [0.1, 0.15) is 5.82 Å². The number of benzene rings is 1. The minimum Gasteiger partial charge on any atom is -0.311 e. The fraction of sp³-hybridized carbons (Fsp3) is 0.500. The third-order valence-corrected chi connectivity index (χ3v) is 3.34. The summed E-state index contributed by atoms with van der Waals surface area (Å²) >= 11 is 5.64. The molecule has 0 aliphatic carbocycles. The van der Waals surface area contributed by atoms with E-state index in [1.54, 1.807) is 6.07 Å². The van der Waals surface area contributed by atoms with Crippen LogP contribution in [0.2, 0.25) is 5.02 Å². The van der Waals surface area contributed by atoms with Crippen molar-refractivity contribution in [2.24, 2.45) is 0 Å². The molecule has 0 aromatic heterocycles. The Balaban J connectivity index is 2.13. The largest absolute Gasteiger partial charge is 0.311 e. The highest BCUT2D eigenvalue weighted by Crippen LogP contribution is 2.25. The fourth-order valence-corrected chi connectivity index (χ4v) is 2.33. The summed E-state index contributed by atoms with van der Waals surface area (Å²) in [5.74, 6) is -0.323. The van der Waals surface area contributed by atoms with Gasteiger partial charge in [-0.2, -0.15) is 0 Å². The van der Waals surface area contributed by atoms with E-state index in [1.165, 1.54) is 12.5 Å². The van der Waals surface area contributed by atoms with Gasteiger partial charge >= 0.3 is 0 Å². The second-order valence-electron chi connectivity index (χ2n) is 4.52. The van der Waals surface area contributed by atoms with Crippen molar-refractivity contribution in [2.45, 2.75) is 31.7 Å². The molecule has 0 bridgehead atoms. The third kappa shape index (κ3) is 2.50. The van der Waals surface area contributed by atoms with Crippen molar-refractivity contribution >= 4 is 11.6 Å². The molecule has 0 unspecified atom stereocenters. The zero-order chi connectivity index (χ0) is 10.9. The maximum absolute atomic E-state index is 13.2. The lowest BCUT2D eigenvalue weighted by Crippen LogP contribution is -2.38. The molecular weight excluding hydrogens is 213 g/mol. The van der Waals surface area contributed by atoms with Crippen molar-refractivity contribution in [2.75, 3.05) is 6.54 Å². The number of hydrogen-bond acceptors (Lipinski definition) is 1. The molecule has 1 aromatic rings. The van der Waals surface area contributed by atoms with Crippen LogP contribution in [-0.4, -0.2) is 12.1 Å². The average Bonchev–Trinajstić information content (AvgIpc) is 2.59. The summed E-state index contributed by atoms with van der Waals surface area (Å²) < 4.78 is 13.2. The van der Waals surface area contributed by atoms with Crippen LogP contribution in [0.5, 0.6) is 0 Å². The highest BCUT2D eigenvalue weighted by atomic mass is 35.5. The topological polar surface area (TPSA) is 12.0 Å². The molecule has 0 amide bonds. The van der Waals surface area contributed by atoms with Crippen molar-refractivity contribution in [3.63, 3.8) is 0 Å². The van der Waals surface area contributed by atoms with Crippen LogP contribution in [0, 0.1) is 5.82 Å². The highest BCUT2D eigenvalue weighted by Gasteiger charge is 2.28. The standard InChI is InChI=1S/C12H15ClFN/c1-12(5-2-6-15-12)8-9-3-4-10(13)11(14)7-9/h3-4,7,15H,2,5-6,8H2,1H3/t12-/m0/s1. The van der Waals surface area contributed by atoms with E-state index in [0.717, 1.165) is 24.9 Å². The molecule has 3 heteroatoms. The Morgan fingerprint density at radius 2 is 2.33 bits per heavy atom. The number of nitrogens with one attached hydrogen (secondary N) is 1. The third-order valence-electron chi connectivity index (χ3n) is 3.04. The molecular formula is C12H15ClFN. The van der Waals surface area contributed by atoms with Gasteiger partial charge in [-0.1, -0.05) is 17.7 Å². The van der Waals surface area contributed by atoms with Gasteiger partial charge in [-0.15, -0.1) is 0 Å². The first kappa shape index (κ1) is 10.9. The van der Waals surface area contributed by atoms with Crippen LogP contribution in [0.4, 0.5) is 4.39 Å². The van der Waals surface area contributed by atoms with Crippen LogP contribution < -0.4 is 5.32 Å². The SMILES string of the molecule is C[C@@]1(Cc2ccc(Cl)c(F)c2)CCCN1. The van der Waals surface area contributed by atoms with E-state index in [4.69, 9.17) is 11.6 Å². The van der Waals surface area contributed by atoms with E-state index >= 15 is 0 Å². The summed E-state index contributed by atoms with van der Waals surface area (Å²) in [5, 5.41) is 3.66. The van der Waals surface area contributed by atoms with E-state index in [0.29, 0.717) is 0 Å². The lowest BCUT2D eigenvalue weighted by molar-refractivity contribution is 0.412. The van der Waals surface area contributed by atoms with E-state index in [1.807, 2.05) is 6.07 Å². The van der Waals surface area contributed by atoms with Crippen LogP contribution in [0.3, 0.4) is 0 Å². The van der Waals surface area contributed by atoms with Crippen molar-refractivity contribution < 1.29 is 4.39 Å². The van der Waals surface area contributed by atoms with Crippen molar-refractivity contribution in [1.29, 1.82) is 0 Å². The first-order valence-corrected chi connectivity index (χ1v) is 5.66. The highest BCUT2D eigenvalue weighted by molar-refractivity contribution is 6.30. The van der Waals surface area contributed by atoms with Gasteiger partial charge in [0.15, 0.2) is 0 Å². The smallest absolute Gasteiger partial charge is 0.142 e. The van der Waals surface area contributed by atoms with Gasteiger partial charge < -0.3 is 5.32 Å². The molecule has 1 aromatic carbocycles. The quantitative estimate of drug-likeness (QED) is 0.819. The lowest BCUT2D eigenvalue weighted by atomic mass is 9.91. The molecule has 2 rings (SSSR count). The minimum absolute atomic E-state index is 0.125. The summed E-state index contributed by atoms with van der Waals surface area (Å²) in [5.41, 5.74) is 1.13. The molecule has 1 aliphatic rings. The maximum atomic E-state index is 13.2. The number of halogens is 2. The Labute approximate surface area is 94.6 Å². The van der Waals surface area contributed by atoms with Gasteiger partial charge in [0, 0.05) is 5.54 Å². The normalized spacial score (nSPS) is 25.8. The molecule has 0 radical (unpaired) electrons. The Morgan fingerprint density at radius 3 is 2.93 bits per heavy atom.